The van der Waals surface area contributed by atoms with Crippen LogP contribution in [0.3, 0.4) is 0 Å². The van der Waals surface area contributed by atoms with E-state index in [4.69, 9.17) is 15.2 Å². The first-order valence-electron chi connectivity index (χ1n) is 5.58. The van der Waals surface area contributed by atoms with Crippen LogP contribution in [-0.4, -0.2) is 14.2 Å². The topological polar surface area (TPSA) is 56.5 Å². The highest BCUT2D eigenvalue weighted by molar-refractivity contribution is 5.76. The Morgan fingerprint density at radius 1 is 0.944 bits per heavy atom. The molecule has 0 heterocycles. The molecule has 18 heavy (non-hydrogen) atoms. The van der Waals surface area contributed by atoms with Gasteiger partial charge in [0.25, 0.3) is 0 Å². The molecule has 94 valence electrons. The number of anilines is 3. The van der Waals surface area contributed by atoms with Crippen molar-refractivity contribution in [1.29, 1.82) is 0 Å². The Morgan fingerprint density at radius 3 is 2.17 bits per heavy atom. The van der Waals surface area contributed by atoms with E-state index in [1.165, 1.54) is 0 Å². The summed E-state index contributed by atoms with van der Waals surface area (Å²) in [5.74, 6) is 1.26. The highest BCUT2D eigenvalue weighted by atomic mass is 16.5. The summed E-state index contributed by atoms with van der Waals surface area (Å²) in [4.78, 5) is 0. The SMILES string of the molecule is COc1cc(N)c(Nc2ccccc2)cc1OC. The third-order valence-corrected chi connectivity index (χ3v) is 2.61. The maximum Gasteiger partial charge on any atom is 0.162 e. The molecule has 0 aliphatic carbocycles. The lowest BCUT2D eigenvalue weighted by atomic mass is 10.2. The van der Waals surface area contributed by atoms with Crippen LogP contribution < -0.4 is 20.5 Å². The number of hydrogen-bond acceptors (Lipinski definition) is 4. The molecule has 2 aromatic carbocycles. The Balaban J connectivity index is 2.33. The van der Waals surface area contributed by atoms with Crippen LogP contribution in [0.2, 0.25) is 0 Å². The molecule has 0 amide bonds. The lowest BCUT2D eigenvalue weighted by Gasteiger charge is -2.14. The average molecular weight is 244 g/mol. The van der Waals surface area contributed by atoms with Crippen LogP contribution in [0.4, 0.5) is 17.1 Å². The summed E-state index contributed by atoms with van der Waals surface area (Å²) in [5, 5.41) is 3.24. The highest BCUT2D eigenvalue weighted by Gasteiger charge is 2.09. The first kappa shape index (κ1) is 12.1. The van der Waals surface area contributed by atoms with Gasteiger partial charge in [0.2, 0.25) is 0 Å². The molecule has 0 aliphatic heterocycles. The predicted molar refractivity (Wildman–Crippen MR) is 73.7 cm³/mol. The van der Waals surface area contributed by atoms with E-state index >= 15 is 0 Å². The molecule has 0 fully saturated rings. The lowest BCUT2D eigenvalue weighted by molar-refractivity contribution is 0.355. The minimum absolute atomic E-state index is 0.608. The van der Waals surface area contributed by atoms with Gasteiger partial charge in [0.15, 0.2) is 11.5 Å². The van der Waals surface area contributed by atoms with Crippen molar-refractivity contribution in [2.45, 2.75) is 0 Å². The van der Waals surface area contributed by atoms with Crippen LogP contribution in [0.1, 0.15) is 0 Å². The van der Waals surface area contributed by atoms with Crippen LogP contribution in [-0.2, 0) is 0 Å². The number of hydrogen-bond donors (Lipinski definition) is 2. The molecule has 3 N–H and O–H groups in total. The van der Waals surface area contributed by atoms with Gasteiger partial charge in [-0.05, 0) is 12.1 Å². The zero-order valence-electron chi connectivity index (χ0n) is 10.4. The average Bonchev–Trinajstić information content (AvgIpc) is 2.41. The van der Waals surface area contributed by atoms with Crippen molar-refractivity contribution in [1.82, 2.24) is 0 Å². The van der Waals surface area contributed by atoms with Gasteiger partial charge >= 0.3 is 0 Å². The van der Waals surface area contributed by atoms with E-state index < -0.39 is 0 Å². The molecule has 4 nitrogen and oxygen atoms in total. The molecule has 0 bridgehead atoms. The number of para-hydroxylation sites is 1. The van der Waals surface area contributed by atoms with Gasteiger partial charge in [-0.25, -0.2) is 0 Å². The summed E-state index contributed by atoms with van der Waals surface area (Å²) in [6.45, 7) is 0. The van der Waals surface area contributed by atoms with Crippen LogP contribution in [0.15, 0.2) is 42.5 Å². The fourth-order valence-electron chi connectivity index (χ4n) is 1.68. The smallest absolute Gasteiger partial charge is 0.162 e. The Hall–Kier alpha value is -2.36. The highest BCUT2D eigenvalue weighted by Crippen LogP contribution is 2.36. The predicted octanol–water partition coefficient (Wildman–Crippen LogP) is 3.03. The van der Waals surface area contributed by atoms with Crippen LogP contribution in [0.5, 0.6) is 11.5 Å². The van der Waals surface area contributed by atoms with E-state index in [0.717, 1.165) is 11.4 Å². The van der Waals surface area contributed by atoms with Gasteiger partial charge in [-0.3, -0.25) is 0 Å². The van der Waals surface area contributed by atoms with Gasteiger partial charge < -0.3 is 20.5 Å². The number of nitrogens with one attached hydrogen (secondary N) is 1. The third-order valence-electron chi connectivity index (χ3n) is 2.61. The van der Waals surface area contributed by atoms with Gasteiger partial charge in [0, 0.05) is 17.8 Å². The quantitative estimate of drug-likeness (QED) is 0.812. The van der Waals surface area contributed by atoms with Crippen molar-refractivity contribution in [2.24, 2.45) is 0 Å². The summed E-state index contributed by atoms with van der Waals surface area (Å²) >= 11 is 0. The van der Waals surface area contributed by atoms with E-state index in [2.05, 4.69) is 5.32 Å². The molecular formula is C14H16N2O2. The number of methoxy groups -OCH3 is 2. The van der Waals surface area contributed by atoms with E-state index in [0.29, 0.717) is 17.2 Å². The molecule has 0 spiro atoms. The van der Waals surface area contributed by atoms with Gasteiger partial charge in [-0.1, -0.05) is 18.2 Å². The molecule has 2 aromatic rings. The maximum absolute atomic E-state index is 5.97. The Morgan fingerprint density at radius 2 is 1.56 bits per heavy atom. The Labute approximate surface area is 106 Å². The molecule has 0 radical (unpaired) electrons. The van der Waals surface area contributed by atoms with Crippen LogP contribution in [0, 0.1) is 0 Å². The summed E-state index contributed by atoms with van der Waals surface area (Å²) < 4.78 is 10.4. The molecule has 2 rings (SSSR count). The monoisotopic (exact) mass is 244 g/mol. The van der Waals surface area contributed by atoms with E-state index in [1.807, 2.05) is 36.4 Å². The maximum atomic E-state index is 5.97. The summed E-state index contributed by atoms with van der Waals surface area (Å²) in [5.41, 5.74) is 8.34. The molecule has 4 heteroatoms. The standard InChI is InChI=1S/C14H16N2O2/c1-17-13-8-11(15)12(9-14(13)18-2)16-10-6-4-3-5-7-10/h3-9,16H,15H2,1-2H3. The number of ether oxygens (including phenoxy) is 2. The molecule has 0 aliphatic rings. The van der Waals surface area contributed by atoms with Gasteiger partial charge in [0.1, 0.15) is 0 Å². The number of benzene rings is 2. The van der Waals surface area contributed by atoms with Crippen molar-refractivity contribution in [3.05, 3.63) is 42.5 Å². The minimum atomic E-state index is 0.608. The second-order valence-electron chi connectivity index (χ2n) is 3.79. The second kappa shape index (κ2) is 5.31. The van der Waals surface area contributed by atoms with Crippen molar-refractivity contribution in [3.63, 3.8) is 0 Å². The second-order valence-corrected chi connectivity index (χ2v) is 3.79. The minimum Gasteiger partial charge on any atom is -0.493 e. The third kappa shape index (κ3) is 2.48. The van der Waals surface area contributed by atoms with Crippen molar-refractivity contribution >= 4 is 17.1 Å². The van der Waals surface area contributed by atoms with Crippen LogP contribution >= 0.6 is 0 Å². The lowest BCUT2D eigenvalue weighted by Crippen LogP contribution is -1.99. The molecule has 0 saturated heterocycles. The van der Waals surface area contributed by atoms with E-state index in [9.17, 15) is 0 Å². The molecular weight excluding hydrogens is 228 g/mol. The van der Waals surface area contributed by atoms with Crippen molar-refractivity contribution in [2.75, 3.05) is 25.3 Å². The Bertz CT molecular complexity index is 527. The fraction of sp³-hybridized carbons (Fsp3) is 0.143. The van der Waals surface area contributed by atoms with Crippen molar-refractivity contribution in [3.8, 4) is 11.5 Å². The van der Waals surface area contributed by atoms with Gasteiger partial charge in [-0.15, -0.1) is 0 Å². The van der Waals surface area contributed by atoms with Gasteiger partial charge in [0.05, 0.1) is 25.6 Å². The van der Waals surface area contributed by atoms with E-state index in [-0.39, 0.29) is 0 Å². The molecule has 0 saturated carbocycles. The Kier molecular flexibility index (Phi) is 3.57. The molecule has 0 unspecified atom stereocenters. The molecule has 0 atom stereocenters. The largest absolute Gasteiger partial charge is 0.493 e. The summed E-state index contributed by atoms with van der Waals surface area (Å²) in [6.07, 6.45) is 0. The fourth-order valence-corrected chi connectivity index (χ4v) is 1.68. The first-order chi connectivity index (χ1) is 8.74. The normalized spacial score (nSPS) is 9.89. The number of nitrogens with two attached hydrogens (primary N) is 1. The zero-order valence-corrected chi connectivity index (χ0v) is 10.4. The van der Waals surface area contributed by atoms with Crippen molar-refractivity contribution < 1.29 is 9.47 Å². The zero-order chi connectivity index (χ0) is 13.0. The van der Waals surface area contributed by atoms with Gasteiger partial charge in [-0.2, -0.15) is 0 Å². The van der Waals surface area contributed by atoms with Crippen LogP contribution in [0.25, 0.3) is 0 Å². The van der Waals surface area contributed by atoms with E-state index in [1.54, 1.807) is 20.3 Å². The summed E-state index contributed by atoms with van der Waals surface area (Å²) in [6, 6.07) is 13.4. The molecule has 0 aromatic heterocycles. The summed E-state index contributed by atoms with van der Waals surface area (Å²) in [7, 11) is 3.18. The number of nitrogen functional groups attached to an aromatic ring is 1. The first-order valence-corrected chi connectivity index (χ1v) is 5.58. The number of rotatable bonds is 4.